The predicted octanol–water partition coefficient (Wildman–Crippen LogP) is 3.46. The van der Waals surface area contributed by atoms with Crippen molar-refractivity contribution >= 4 is 22.2 Å². The number of pyridine rings is 2. The minimum atomic E-state index is -0.152. The van der Waals surface area contributed by atoms with Gasteiger partial charge in [-0.1, -0.05) is 0 Å². The number of nitrogens with one attached hydrogen (secondary N) is 1. The third kappa shape index (κ3) is 2.73. The van der Waals surface area contributed by atoms with Gasteiger partial charge >= 0.3 is 0 Å². The van der Waals surface area contributed by atoms with Crippen molar-refractivity contribution in [1.82, 2.24) is 9.97 Å². The topological polar surface area (TPSA) is 54.9 Å². The van der Waals surface area contributed by atoms with Crippen LogP contribution in [0.3, 0.4) is 0 Å². The smallest absolute Gasteiger partial charge is 0.257 e. The van der Waals surface area contributed by atoms with Crippen molar-refractivity contribution in [2.45, 2.75) is 0 Å². The zero-order valence-electron chi connectivity index (χ0n) is 10.5. The summed E-state index contributed by atoms with van der Waals surface area (Å²) in [7, 11) is 0. The Balaban J connectivity index is 1.78. The fourth-order valence-corrected chi connectivity index (χ4v) is 2.37. The van der Waals surface area contributed by atoms with Gasteiger partial charge in [-0.3, -0.25) is 14.8 Å². The van der Waals surface area contributed by atoms with Gasteiger partial charge in [-0.05, 0) is 41.8 Å². The molecule has 0 atom stereocenters. The first-order valence-electron chi connectivity index (χ1n) is 6.04. The van der Waals surface area contributed by atoms with Crippen LogP contribution in [0, 0.1) is 0 Å². The largest absolute Gasteiger partial charge is 0.314 e. The van der Waals surface area contributed by atoms with E-state index in [1.165, 1.54) is 11.3 Å². The van der Waals surface area contributed by atoms with Crippen molar-refractivity contribution in [2.75, 3.05) is 5.32 Å². The fourth-order valence-electron chi connectivity index (χ4n) is 1.76. The van der Waals surface area contributed by atoms with Gasteiger partial charge in [0.1, 0.15) is 0 Å². The molecule has 3 aromatic rings. The minimum absolute atomic E-state index is 0.152. The average molecular weight is 281 g/mol. The van der Waals surface area contributed by atoms with Crippen molar-refractivity contribution in [2.24, 2.45) is 0 Å². The quantitative estimate of drug-likeness (QED) is 0.800. The third-order valence-corrected chi connectivity index (χ3v) is 3.54. The van der Waals surface area contributed by atoms with Crippen molar-refractivity contribution in [3.05, 3.63) is 65.9 Å². The van der Waals surface area contributed by atoms with Crippen LogP contribution in [0.15, 0.2) is 60.4 Å². The molecule has 0 aliphatic carbocycles. The van der Waals surface area contributed by atoms with Gasteiger partial charge in [-0.2, -0.15) is 0 Å². The van der Waals surface area contributed by atoms with E-state index < -0.39 is 0 Å². The summed E-state index contributed by atoms with van der Waals surface area (Å²) in [5.41, 5.74) is 2.33. The van der Waals surface area contributed by atoms with Crippen LogP contribution in [0.25, 0.3) is 11.3 Å². The van der Waals surface area contributed by atoms with Gasteiger partial charge in [0.15, 0.2) is 0 Å². The number of thiophene rings is 1. The molecule has 0 aromatic carbocycles. The summed E-state index contributed by atoms with van der Waals surface area (Å²) in [6.07, 6.45) is 5.02. The average Bonchev–Trinajstić information content (AvgIpc) is 3.01. The van der Waals surface area contributed by atoms with Crippen LogP contribution in [-0.2, 0) is 0 Å². The van der Waals surface area contributed by atoms with E-state index >= 15 is 0 Å². The van der Waals surface area contributed by atoms with Crippen LogP contribution in [-0.4, -0.2) is 15.9 Å². The van der Waals surface area contributed by atoms with E-state index in [9.17, 15) is 4.79 Å². The van der Waals surface area contributed by atoms with E-state index in [-0.39, 0.29) is 5.91 Å². The fraction of sp³-hybridized carbons (Fsp3) is 0. The molecule has 0 saturated carbocycles. The summed E-state index contributed by atoms with van der Waals surface area (Å²) in [5, 5.41) is 5.57. The molecule has 1 N–H and O–H groups in total. The molecule has 5 heteroatoms. The molecule has 3 aromatic heterocycles. The van der Waals surface area contributed by atoms with E-state index in [4.69, 9.17) is 0 Å². The number of aromatic nitrogens is 2. The van der Waals surface area contributed by atoms with Crippen LogP contribution in [0.2, 0.25) is 0 Å². The van der Waals surface area contributed by atoms with Gasteiger partial charge < -0.3 is 5.32 Å². The first kappa shape index (κ1) is 12.5. The Labute approximate surface area is 120 Å². The number of hydrogen-bond donors (Lipinski definition) is 1. The molecule has 98 valence electrons. The van der Waals surface area contributed by atoms with E-state index in [1.807, 2.05) is 35.7 Å². The normalized spacial score (nSPS) is 10.2. The van der Waals surface area contributed by atoms with Gasteiger partial charge in [-0.25, -0.2) is 0 Å². The van der Waals surface area contributed by atoms with Gasteiger partial charge in [0, 0.05) is 24.2 Å². The predicted molar refractivity (Wildman–Crippen MR) is 79.7 cm³/mol. The molecule has 3 rings (SSSR count). The SMILES string of the molecule is O=C(Nc1cccs1)c1ccc(-c2ccncc2)nc1. The lowest BCUT2D eigenvalue weighted by atomic mass is 10.1. The third-order valence-electron chi connectivity index (χ3n) is 2.76. The maximum atomic E-state index is 12.0. The lowest BCUT2D eigenvalue weighted by molar-refractivity contribution is 0.102. The minimum Gasteiger partial charge on any atom is -0.314 e. The Bertz CT molecular complexity index is 694. The van der Waals surface area contributed by atoms with Gasteiger partial charge in [0.05, 0.1) is 16.3 Å². The van der Waals surface area contributed by atoms with Crippen LogP contribution in [0.1, 0.15) is 10.4 Å². The second-order valence-electron chi connectivity index (χ2n) is 4.10. The highest BCUT2D eigenvalue weighted by Gasteiger charge is 2.07. The first-order valence-corrected chi connectivity index (χ1v) is 6.92. The first-order chi connectivity index (χ1) is 9.83. The highest BCUT2D eigenvalue weighted by molar-refractivity contribution is 7.14. The highest BCUT2D eigenvalue weighted by atomic mass is 32.1. The number of carbonyl (C=O) groups excluding carboxylic acids is 1. The molecule has 1 amide bonds. The van der Waals surface area contributed by atoms with E-state index in [2.05, 4.69) is 15.3 Å². The summed E-state index contributed by atoms with van der Waals surface area (Å²) >= 11 is 1.49. The lowest BCUT2D eigenvalue weighted by Gasteiger charge is -2.04. The monoisotopic (exact) mass is 281 g/mol. The number of carbonyl (C=O) groups is 1. The van der Waals surface area contributed by atoms with Crippen molar-refractivity contribution in [3.63, 3.8) is 0 Å². The van der Waals surface area contributed by atoms with Crippen molar-refractivity contribution in [1.29, 1.82) is 0 Å². The number of rotatable bonds is 3. The lowest BCUT2D eigenvalue weighted by Crippen LogP contribution is -2.11. The van der Waals surface area contributed by atoms with Gasteiger partial charge in [-0.15, -0.1) is 11.3 Å². The molecule has 0 radical (unpaired) electrons. The summed E-state index contributed by atoms with van der Waals surface area (Å²) in [5.74, 6) is -0.152. The molecule has 0 spiro atoms. The summed E-state index contributed by atoms with van der Waals surface area (Å²) in [6.45, 7) is 0. The highest BCUT2D eigenvalue weighted by Crippen LogP contribution is 2.18. The molecule has 0 fully saturated rings. The molecule has 3 heterocycles. The Morgan fingerprint density at radius 3 is 2.60 bits per heavy atom. The molecule has 4 nitrogen and oxygen atoms in total. The van der Waals surface area contributed by atoms with Crippen LogP contribution in [0.4, 0.5) is 5.00 Å². The van der Waals surface area contributed by atoms with Gasteiger partial charge in [0.2, 0.25) is 0 Å². The van der Waals surface area contributed by atoms with Crippen LogP contribution in [0.5, 0.6) is 0 Å². The number of amides is 1. The Kier molecular flexibility index (Phi) is 3.52. The molecule has 0 aliphatic heterocycles. The maximum absolute atomic E-state index is 12.0. The summed E-state index contributed by atoms with van der Waals surface area (Å²) < 4.78 is 0. The molecular weight excluding hydrogens is 270 g/mol. The maximum Gasteiger partial charge on any atom is 0.257 e. The number of hydrogen-bond acceptors (Lipinski definition) is 4. The molecule has 0 saturated heterocycles. The van der Waals surface area contributed by atoms with E-state index in [0.717, 1.165) is 16.3 Å². The second-order valence-corrected chi connectivity index (χ2v) is 5.05. The molecule has 0 unspecified atom stereocenters. The standard InChI is InChI=1S/C15H11N3OS/c19-15(18-14-2-1-9-20-14)12-3-4-13(17-10-12)11-5-7-16-8-6-11/h1-10H,(H,18,19). The Morgan fingerprint density at radius 2 is 1.95 bits per heavy atom. The molecular formula is C15H11N3OS. The number of nitrogens with zero attached hydrogens (tertiary/aromatic N) is 2. The number of anilines is 1. The Hall–Kier alpha value is -2.53. The second kappa shape index (κ2) is 5.63. The van der Waals surface area contributed by atoms with Crippen molar-refractivity contribution < 1.29 is 4.79 Å². The molecule has 0 bridgehead atoms. The zero-order chi connectivity index (χ0) is 13.8. The van der Waals surface area contributed by atoms with Crippen LogP contribution < -0.4 is 5.32 Å². The zero-order valence-corrected chi connectivity index (χ0v) is 11.3. The van der Waals surface area contributed by atoms with E-state index in [0.29, 0.717) is 5.56 Å². The molecule has 20 heavy (non-hydrogen) atoms. The summed E-state index contributed by atoms with van der Waals surface area (Å²) in [4.78, 5) is 20.3. The van der Waals surface area contributed by atoms with Crippen molar-refractivity contribution in [3.8, 4) is 11.3 Å². The van der Waals surface area contributed by atoms with Gasteiger partial charge in [0.25, 0.3) is 5.91 Å². The van der Waals surface area contributed by atoms with E-state index in [1.54, 1.807) is 24.7 Å². The summed E-state index contributed by atoms with van der Waals surface area (Å²) in [6, 6.07) is 11.1. The molecule has 0 aliphatic rings. The van der Waals surface area contributed by atoms with Crippen LogP contribution >= 0.6 is 11.3 Å². The Morgan fingerprint density at radius 1 is 1.10 bits per heavy atom.